The van der Waals surface area contributed by atoms with E-state index < -0.39 is 5.97 Å². The molecule has 1 atom stereocenters. The Kier molecular flexibility index (Phi) is 4.06. The molecule has 0 amide bonds. The fourth-order valence-electron chi connectivity index (χ4n) is 3.38. The summed E-state index contributed by atoms with van der Waals surface area (Å²) in [6.45, 7) is 1.25. The first-order chi connectivity index (χ1) is 12.2. The number of benzene rings is 2. The fraction of sp³-hybridized carbons (Fsp3) is 0.250. The third kappa shape index (κ3) is 3.05. The number of anilines is 1. The molecule has 5 nitrogen and oxygen atoms in total. The van der Waals surface area contributed by atoms with Crippen LogP contribution in [0.2, 0.25) is 0 Å². The minimum absolute atomic E-state index is 0.357. The molecule has 5 heteroatoms. The van der Waals surface area contributed by atoms with Gasteiger partial charge in [-0.15, -0.1) is 0 Å². The Morgan fingerprint density at radius 3 is 2.60 bits per heavy atom. The summed E-state index contributed by atoms with van der Waals surface area (Å²) in [5, 5.41) is 10.3. The highest BCUT2D eigenvalue weighted by molar-refractivity contribution is 5.93. The quantitative estimate of drug-likeness (QED) is 0.793. The second-order valence-electron chi connectivity index (χ2n) is 6.38. The average Bonchev–Trinajstić information content (AvgIpc) is 2.68. The number of fused-ring (bicyclic) bond motifs is 1. The summed E-state index contributed by atoms with van der Waals surface area (Å²) in [6.07, 6.45) is 1.55. The summed E-state index contributed by atoms with van der Waals surface area (Å²) in [4.78, 5) is 22.9. The standard InChI is InChI=1S/C20H19N3O2/c24-19(25)15-9-6-12-23(13-15)20-21-17-11-5-4-10-16(17)18(22-20)14-7-2-1-3-8-14/h1-5,7-8,10-11,15H,6,9,12-13H2,(H,24,25). The number of carbonyl (C=O) groups is 1. The average molecular weight is 333 g/mol. The van der Waals surface area contributed by atoms with Gasteiger partial charge in [-0.3, -0.25) is 4.79 Å². The normalized spacial score (nSPS) is 17.6. The number of aliphatic carboxylic acids is 1. The molecule has 1 fully saturated rings. The Morgan fingerprint density at radius 2 is 1.80 bits per heavy atom. The molecule has 1 aliphatic rings. The number of rotatable bonds is 3. The topological polar surface area (TPSA) is 66.3 Å². The summed E-state index contributed by atoms with van der Waals surface area (Å²) in [5.41, 5.74) is 2.80. The van der Waals surface area contributed by atoms with Gasteiger partial charge in [0.25, 0.3) is 0 Å². The Balaban J connectivity index is 1.81. The van der Waals surface area contributed by atoms with Crippen LogP contribution in [0, 0.1) is 5.92 Å². The van der Waals surface area contributed by atoms with Gasteiger partial charge in [0.1, 0.15) is 0 Å². The summed E-state index contributed by atoms with van der Waals surface area (Å²) < 4.78 is 0. The van der Waals surface area contributed by atoms with E-state index in [4.69, 9.17) is 9.97 Å². The molecular weight excluding hydrogens is 314 g/mol. The van der Waals surface area contributed by atoms with Crippen molar-refractivity contribution in [2.24, 2.45) is 5.92 Å². The molecule has 3 aromatic rings. The minimum atomic E-state index is -0.742. The Morgan fingerprint density at radius 1 is 1.04 bits per heavy atom. The first-order valence-corrected chi connectivity index (χ1v) is 8.52. The molecule has 1 aliphatic heterocycles. The van der Waals surface area contributed by atoms with E-state index in [-0.39, 0.29) is 5.92 Å². The molecule has 2 heterocycles. The highest BCUT2D eigenvalue weighted by atomic mass is 16.4. The molecule has 126 valence electrons. The molecule has 25 heavy (non-hydrogen) atoms. The Hall–Kier alpha value is -2.95. The lowest BCUT2D eigenvalue weighted by atomic mass is 9.98. The van der Waals surface area contributed by atoms with Crippen LogP contribution in [0.3, 0.4) is 0 Å². The van der Waals surface area contributed by atoms with Crippen LogP contribution in [0.15, 0.2) is 54.6 Å². The second kappa shape index (κ2) is 6.51. The van der Waals surface area contributed by atoms with Gasteiger partial charge in [-0.1, -0.05) is 48.5 Å². The van der Waals surface area contributed by atoms with E-state index in [0.29, 0.717) is 18.9 Å². The molecule has 0 aliphatic carbocycles. The largest absolute Gasteiger partial charge is 0.481 e. The third-order valence-electron chi connectivity index (χ3n) is 4.69. The van der Waals surface area contributed by atoms with Crippen LogP contribution in [0.5, 0.6) is 0 Å². The number of hydrogen-bond acceptors (Lipinski definition) is 4. The van der Waals surface area contributed by atoms with Crippen LogP contribution < -0.4 is 4.90 Å². The van der Waals surface area contributed by atoms with Crippen molar-refractivity contribution < 1.29 is 9.90 Å². The van der Waals surface area contributed by atoms with Gasteiger partial charge in [0.2, 0.25) is 5.95 Å². The number of nitrogens with zero attached hydrogens (tertiary/aromatic N) is 3. The van der Waals surface area contributed by atoms with Gasteiger partial charge in [0.15, 0.2) is 0 Å². The number of aromatic nitrogens is 2. The van der Waals surface area contributed by atoms with Crippen LogP contribution >= 0.6 is 0 Å². The lowest BCUT2D eigenvalue weighted by Gasteiger charge is -2.31. The van der Waals surface area contributed by atoms with Crippen molar-refractivity contribution in [3.63, 3.8) is 0 Å². The zero-order valence-corrected chi connectivity index (χ0v) is 13.8. The summed E-state index contributed by atoms with van der Waals surface area (Å²) in [7, 11) is 0. The molecule has 0 bridgehead atoms. The maximum absolute atomic E-state index is 11.4. The molecule has 1 aromatic heterocycles. The van der Waals surface area contributed by atoms with E-state index in [1.54, 1.807) is 0 Å². The second-order valence-corrected chi connectivity index (χ2v) is 6.38. The molecular formula is C20H19N3O2. The summed E-state index contributed by atoms with van der Waals surface area (Å²) >= 11 is 0. The number of carboxylic acid groups (broad SMARTS) is 1. The van der Waals surface area contributed by atoms with E-state index in [1.807, 2.05) is 59.5 Å². The first kappa shape index (κ1) is 15.6. The van der Waals surface area contributed by atoms with Crippen molar-refractivity contribution in [3.05, 3.63) is 54.6 Å². The number of piperidine rings is 1. The lowest BCUT2D eigenvalue weighted by molar-refractivity contribution is -0.141. The third-order valence-corrected chi connectivity index (χ3v) is 4.69. The molecule has 0 radical (unpaired) electrons. The highest BCUT2D eigenvalue weighted by Crippen LogP contribution is 2.29. The van der Waals surface area contributed by atoms with Crippen molar-refractivity contribution >= 4 is 22.8 Å². The highest BCUT2D eigenvalue weighted by Gasteiger charge is 2.27. The van der Waals surface area contributed by atoms with Crippen molar-refractivity contribution in [2.75, 3.05) is 18.0 Å². The number of carboxylic acids is 1. The molecule has 1 N–H and O–H groups in total. The van der Waals surface area contributed by atoms with E-state index in [1.165, 1.54) is 0 Å². The Labute approximate surface area is 146 Å². The molecule has 0 saturated carbocycles. The molecule has 4 rings (SSSR count). The van der Waals surface area contributed by atoms with Crippen LogP contribution in [0.1, 0.15) is 12.8 Å². The van der Waals surface area contributed by atoms with Gasteiger partial charge >= 0.3 is 5.97 Å². The van der Waals surface area contributed by atoms with Crippen LogP contribution in [0.4, 0.5) is 5.95 Å². The number of para-hydroxylation sites is 1. The van der Waals surface area contributed by atoms with Crippen LogP contribution in [-0.4, -0.2) is 34.1 Å². The lowest BCUT2D eigenvalue weighted by Crippen LogP contribution is -2.39. The summed E-state index contributed by atoms with van der Waals surface area (Å²) in [5.74, 6) is -0.485. The van der Waals surface area contributed by atoms with Gasteiger partial charge in [0, 0.05) is 24.0 Å². The van der Waals surface area contributed by atoms with Crippen molar-refractivity contribution in [1.82, 2.24) is 9.97 Å². The van der Waals surface area contributed by atoms with E-state index >= 15 is 0 Å². The smallest absolute Gasteiger partial charge is 0.308 e. The van der Waals surface area contributed by atoms with Crippen molar-refractivity contribution in [3.8, 4) is 11.3 Å². The van der Waals surface area contributed by atoms with Gasteiger partial charge in [0.05, 0.1) is 17.1 Å². The van der Waals surface area contributed by atoms with Gasteiger partial charge in [-0.2, -0.15) is 0 Å². The molecule has 1 unspecified atom stereocenters. The Bertz CT molecular complexity index is 911. The van der Waals surface area contributed by atoms with E-state index in [2.05, 4.69) is 0 Å². The molecule has 2 aromatic carbocycles. The summed E-state index contributed by atoms with van der Waals surface area (Å²) in [6, 6.07) is 18.0. The predicted molar refractivity (Wildman–Crippen MR) is 97.5 cm³/mol. The van der Waals surface area contributed by atoms with Crippen molar-refractivity contribution in [1.29, 1.82) is 0 Å². The van der Waals surface area contributed by atoms with Crippen LogP contribution in [0.25, 0.3) is 22.2 Å². The number of hydrogen-bond donors (Lipinski definition) is 1. The zero-order valence-electron chi connectivity index (χ0n) is 13.8. The maximum Gasteiger partial charge on any atom is 0.308 e. The van der Waals surface area contributed by atoms with E-state index in [9.17, 15) is 9.90 Å². The van der Waals surface area contributed by atoms with Gasteiger partial charge < -0.3 is 10.0 Å². The minimum Gasteiger partial charge on any atom is -0.481 e. The monoisotopic (exact) mass is 333 g/mol. The van der Waals surface area contributed by atoms with Crippen molar-refractivity contribution in [2.45, 2.75) is 12.8 Å². The van der Waals surface area contributed by atoms with Crippen LogP contribution in [-0.2, 0) is 4.79 Å². The van der Waals surface area contributed by atoms with Gasteiger partial charge in [-0.05, 0) is 18.9 Å². The maximum atomic E-state index is 11.4. The molecule has 0 spiro atoms. The SMILES string of the molecule is O=C(O)C1CCCN(c2nc(-c3ccccc3)c3ccccc3n2)C1. The molecule has 1 saturated heterocycles. The first-order valence-electron chi connectivity index (χ1n) is 8.52. The predicted octanol–water partition coefficient (Wildman–Crippen LogP) is 3.60. The van der Waals surface area contributed by atoms with Gasteiger partial charge in [-0.25, -0.2) is 9.97 Å². The fourth-order valence-corrected chi connectivity index (χ4v) is 3.38. The zero-order chi connectivity index (χ0) is 17.2. The van der Waals surface area contributed by atoms with E-state index in [0.717, 1.165) is 35.1 Å².